The van der Waals surface area contributed by atoms with Crippen molar-refractivity contribution in [1.82, 2.24) is 0 Å². The van der Waals surface area contributed by atoms with Crippen LogP contribution in [0.4, 0.5) is 0 Å². The van der Waals surface area contributed by atoms with Crippen molar-refractivity contribution in [3.05, 3.63) is 84.0 Å². The minimum atomic E-state index is -2.30. The summed E-state index contributed by atoms with van der Waals surface area (Å²) in [5, 5.41) is 109. The van der Waals surface area contributed by atoms with Crippen molar-refractivity contribution in [2.24, 2.45) is 23.5 Å². The first-order valence-corrected chi connectivity index (χ1v) is 24.5. The number of esters is 2. The molecular formula is C54H73NO17. The molecule has 7 rings (SSSR count). The summed E-state index contributed by atoms with van der Waals surface area (Å²) in [4.78, 5) is 25.9. The number of hydrogen-bond donors (Lipinski definition) is 11. The lowest BCUT2D eigenvalue weighted by Gasteiger charge is -2.45. The first kappa shape index (κ1) is 58.3. The molecule has 18 heteroatoms. The van der Waals surface area contributed by atoms with Gasteiger partial charge in [-0.05, 0) is 86.7 Å². The first-order chi connectivity index (χ1) is 34.1. The Kier molecular flexibility index (Phi) is 21.9. The summed E-state index contributed by atoms with van der Waals surface area (Å²) < 4.78 is 28.6. The molecule has 2 fully saturated rings. The summed E-state index contributed by atoms with van der Waals surface area (Å²) in [5.41, 5.74) is 9.38. The molecule has 5 heterocycles. The third kappa shape index (κ3) is 16.7. The van der Waals surface area contributed by atoms with Crippen LogP contribution in [0.5, 0.6) is 0 Å². The average Bonchev–Trinajstić information content (AvgIpc) is 3.33. The summed E-state index contributed by atoms with van der Waals surface area (Å²) in [6.45, 7) is 6.74. The smallest absolute Gasteiger partial charge is 0.313 e. The maximum absolute atomic E-state index is 13.2. The second-order valence-corrected chi connectivity index (χ2v) is 19.5. The van der Waals surface area contributed by atoms with E-state index in [2.05, 4.69) is 23.7 Å². The van der Waals surface area contributed by atoms with Crippen molar-refractivity contribution >= 4 is 11.9 Å². The molecule has 12 N–H and O–H groups in total. The molecule has 0 aromatic heterocycles. The van der Waals surface area contributed by atoms with Crippen LogP contribution in [0.1, 0.15) is 90.2 Å². The zero-order valence-corrected chi connectivity index (χ0v) is 41.4. The van der Waals surface area contributed by atoms with E-state index in [4.69, 9.17) is 29.4 Å². The Morgan fingerprint density at radius 1 is 0.694 bits per heavy atom. The van der Waals surface area contributed by atoms with Gasteiger partial charge in [-0.3, -0.25) is 9.59 Å². The van der Waals surface area contributed by atoms with Crippen LogP contribution in [-0.4, -0.2) is 168 Å². The Hall–Kier alpha value is -4.58. The number of hydrogen-bond acceptors (Lipinski definition) is 18. The maximum atomic E-state index is 13.2. The second-order valence-electron chi connectivity index (χ2n) is 19.5. The standard InChI is InChI=1S/C54H73NO17/c1-30-10-6-7-11-34-14-18-36(19-15-34)37-20-16-35(17-21-37)12-8-9-13-41(71-53-51(65)48(55)50(64)33(4)70-53)27-45-47(52(66)68-5)44(61)29-54(67,72-45)28-40(58)25-43(60)42(59)23-22-38(56)24-39(57)26-46(62)69-32(3)31(2)49(30)63/h6,9-10,13-21,30-33,38-45,47-51,53,56-61,63-65,67H,22-29,55H2,1-5H3/b10-6+,13-9+/t30-,31-,32-,33+,38+,39+,40-,41-,42+,43+,44-,45-,47+,48-,49+,50+,51-,53-,54+/m0/s1. The molecule has 0 saturated carbocycles. The molecular weight excluding hydrogens is 935 g/mol. The van der Waals surface area contributed by atoms with Gasteiger partial charge in [0.05, 0.1) is 86.7 Å². The largest absolute Gasteiger partial charge is 0.469 e. The fourth-order valence-corrected chi connectivity index (χ4v) is 9.12. The Labute approximate surface area is 421 Å². The van der Waals surface area contributed by atoms with Crippen LogP contribution in [0.2, 0.25) is 0 Å². The fourth-order valence-electron chi connectivity index (χ4n) is 9.12. The molecule has 19 atom stereocenters. The van der Waals surface area contributed by atoms with E-state index in [-0.39, 0.29) is 31.6 Å². The number of benzene rings is 2. The molecule has 0 spiro atoms. The predicted octanol–water partition coefficient (Wildman–Crippen LogP) is 1.09. The quantitative estimate of drug-likeness (QED) is 0.152. The van der Waals surface area contributed by atoms with Gasteiger partial charge in [0.2, 0.25) is 0 Å². The number of methoxy groups -OCH3 is 1. The van der Waals surface area contributed by atoms with Crippen molar-refractivity contribution in [2.45, 2.75) is 177 Å². The van der Waals surface area contributed by atoms with Crippen molar-refractivity contribution < 1.29 is 84.3 Å². The lowest BCUT2D eigenvalue weighted by molar-refractivity contribution is -0.308. The van der Waals surface area contributed by atoms with Crippen LogP contribution in [-0.2, 0) is 33.3 Å². The highest BCUT2D eigenvalue weighted by Crippen LogP contribution is 2.38. The van der Waals surface area contributed by atoms with Crippen molar-refractivity contribution in [2.75, 3.05) is 7.11 Å². The molecule has 5 aliphatic heterocycles. The van der Waals surface area contributed by atoms with E-state index in [9.17, 15) is 60.7 Å². The van der Waals surface area contributed by atoms with Crippen LogP contribution in [0.15, 0.2) is 72.8 Å². The van der Waals surface area contributed by atoms with Gasteiger partial charge in [-0.25, -0.2) is 0 Å². The number of nitrogens with two attached hydrogens (primary N) is 1. The van der Waals surface area contributed by atoms with E-state index < -0.39 is 147 Å². The molecule has 2 aromatic carbocycles. The topological polar surface area (TPSA) is 309 Å². The molecule has 0 radical (unpaired) electrons. The fraction of sp³-hybridized carbons (Fsp3) is 0.593. The molecule has 5 aliphatic rings. The summed E-state index contributed by atoms with van der Waals surface area (Å²) in [5.74, 6) is 5.94. The molecule has 2 saturated heterocycles. The highest BCUT2D eigenvalue weighted by atomic mass is 16.7. The van der Waals surface area contributed by atoms with Gasteiger partial charge in [0.15, 0.2) is 12.1 Å². The van der Waals surface area contributed by atoms with Crippen LogP contribution < -0.4 is 5.73 Å². The van der Waals surface area contributed by atoms with Gasteiger partial charge in [0.1, 0.15) is 18.1 Å². The lowest BCUT2D eigenvalue weighted by Crippen LogP contribution is -2.61. The summed E-state index contributed by atoms with van der Waals surface area (Å²) in [6, 6.07) is 14.0. The van der Waals surface area contributed by atoms with Gasteiger partial charge in [-0.2, -0.15) is 0 Å². The van der Waals surface area contributed by atoms with Gasteiger partial charge in [0.25, 0.3) is 0 Å². The summed E-state index contributed by atoms with van der Waals surface area (Å²) >= 11 is 0. The van der Waals surface area contributed by atoms with E-state index in [1.54, 1.807) is 32.9 Å². The van der Waals surface area contributed by atoms with Crippen molar-refractivity contribution in [1.29, 1.82) is 0 Å². The third-order valence-corrected chi connectivity index (χ3v) is 13.7. The van der Waals surface area contributed by atoms with E-state index in [1.807, 2.05) is 55.5 Å². The highest BCUT2D eigenvalue weighted by molar-refractivity contribution is 5.74. The van der Waals surface area contributed by atoms with Gasteiger partial charge in [-0.1, -0.05) is 67.9 Å². The molecule has 6 bridgehead atoms. The highest BCUT2D eigenvalue weighted by Gasteiger charge is 2.51. The Morgan fingerprint density at radius 3 is 1.89 bits per heavy atom. The SMILES string of the molecule is COC(=O)[C@H]1[C@@H]2C[C@@H](O[C@@H]3O[C@H](C)[C@@H](O)[C@H](N)[C@@H]3O)/C=C/C#Cc3ccc(cc3)-c3ccc(cc3)C#C/C=C/[C@H](C)[C@@H](O)[C@@H](C)[C@H](C)OC(=O)C[C@H](O)C[C@H](O)CC[C@@H](O)[C@H](O)C[C@H](O)C[C@](O)(C[C@@H]1O)O2. The van der Waals surface area contributed by atoms with E-state index in [1.165, 1.54) is 12.2 Å². The van der Waals surface area contributed by atoms with Crippen LogP contribution in [0.25, 0.3) is 11.1 Å². The zero-order valence-electron chi connectivity index (χ0n) is 41.4. The molecule has 2 aromatic rings. The summed E-state index contributed by atoms with van der Waals surface area (Å²) in [6.07, 6.45) is -14.3. The van der Waals surface area contributed by atoms with Crippen LogP contribution in [0.3, 0.4) is 0 Å². The number of rotatable bonds is 3. The second kappa shape index (κ2) is 27.1. The van der Waals surface area contributed by atoms with Crippen LogP contribution in [0, 0.1) is 41.4 Å². The normalized spacial score (nSPS) is 39.1. The van der Waals surface area contributed by atoms with E-state index in [0.717, 1.165) is 23.8 Å². The number of carbonyl (C=O) groups is 2. The molecule has 396 valence electrons. The van der Waals surface area contributed by atoms with Crippen LogP contribution >= 0.6 is 0 Å². The van der Waals surface area contributed by atoms with Gasteiger partial charge in [-0.15, -0.1) is 0 Å². The molecule has 0 amide bonds. The Balaban J connectivity index is 1.41. The molecule has 72 heavy (non-hydrogen) atoms. The minimum absolute atomic E-state index is 0.108. The number of ether oxygens (including phenoxy) is 5. The minimum Gasteiger partial charge on any atom is -0.469 e. The van der Waals surface area contributed by atoms with Crippen molar-refractivity contribution in [3.63, 3.8) is 0 Å². The van der Waals surface area contributed by atoms with E-state index in [0.29, 0.717) is 5.56 Å². The third-order valence-electron chi connectivity index (χ3n) is 13.7. The molecule has 0 unspecified atom stereocenters. The van der Waals surface area contributed by atoms with Gasteiger partial charge < -0.3 is 80.5 Å². The number of aliphatic hydroxyl groups is 10. The van der Waals surface area contributed by atoms with E-state index >= 15 is 0 Å². The summed E-state index contributed by atoms with van der Waals surface area (Å²) in [7, 11) is 1.11. The Morgan fingerprint density at radius 2 is 1.29 bits per heavy atom. The van der Waals surface area contributed by atoms with Gasteiger partial charge in [0, 0.05) is 48.6 Å². The van der Waals surface area contributed by atoms with Crippen molar-refractivity contribution in [3.8, 4) is 34.8 Å². The van der Waals surface area contributed by atoms with Gasteiger partial charge >= 0.3 is 11.9 Å². The monoisotopic (exact) mass is 1010 g/mol. The lowest BCUT2D eigenvalue weighted by atomic mass is 9.82. The number of carbonyl (C=O) groups excluding carboxylic acids is 2. The predicted molar refractivity (Wildman–Crippen MR) is 261 cm³/mol. The average molecular weight is 1010 g/mol. The Bertz CT molecular complexity index is 2230. The number of aliphatic hydroxyl groups excluding tert-OH is 9. The molecule has 0 aliphatic carbocycles. The first-order valence-electron chi connectivity index (χ1n) is 24.5. The number of fused-ring (bicyclic) bond motifs is 2. The zero-order chi connectivity index (χ0) is 52.9. The maximum Gasteiger partial charge on any atom is 0.313 e. The number of allylic oxidation sites excluding steroid dienone is 2. The molecule has 18 nitrogen and oxygen atoms in total.